The molecule has 0 saturated carbocycles. The van der Waals surface area contributed by atoms with Gasteiger partial charge in [0.15, 0.2) is 23.0 Å². The molecule has 8 rings (SSSR count). The normalized spacial score (nSPS) is 22.1. The molecule has 0 N–H and O–H groups in total. The number of aryl methyl sites for hydroxylation is 1. The molecule has 0 amide bonds. The topological polar surface area (TPSA) is 44.0 Å². The summed E-state index contributed by atoms with van der Waals surface area (Å²) in [6.45, 7) is 11.5. The highest BCUT2D eigenvalue weighted by atomic mass is 32.2. The number of thiazole rings is 1. The van der Waals surface area contributed by atoms with Gasteiger partial charge in [-0.3, -0.25) is 0 Å². The van der Waals surface area contributed by atoms with E-state index in [9.17, 15) is 0 Å². The summed E-state index contributed by atoms with van der Waals surface area (Å²) in [5.41, 5.74) is 7.85. The van der Waals surface area contributed by atoms with E-state index in [1.165, 1.54) is 53.1 Å². The van der Waals surface area contributed by atoms with Crippen LogP contribution in [0.1, 0.15) is 51.1 Å². The van der Waals surface area contributed by atoms with Gasteiger partial charge in [-0.05, 0) is 62.0 Å². The lowest BCUT2D eigenvalue weighted by molar-refractivity contribution is -0.665. The highest BCUT2D eigenvalue weighted by molar-refractivity contribution is 8.03. The predicted molar refractivity (Wildman–Crippen MR) is 177 cm³/mol. The summed E-state index contributed by atoms with van der Waals surface area (Å²) in [6.07, 6.45) is 6.82. The van der Waals surface area contributed by atoms with Gasteiger partial charge in [0.25, 0.3) is 5.01 Å². The van der Waals surface area contributed by atoms with Crippen molar-refractivity contribution < 1.29 is 23.5 Å². The molecule has 44 heavy (non-hydrogen) atoms. The van der Waals surface area contributed by atoms with Crippen LogP contribution in [0.15, 0.2) is 87.3 Å². The lowest BCUT2D eigenvalue weighted by Gasteiger charge is -2.37. The van der Waals surface area contributed by atoms with Crippen molar-refractivity contribution in [1.82, 2.24) is 0 Å². The zero-order chi connectivity index (χ0) is 30.0. The van der Waals surface area contributed by atoms with Crippen molar-refractivity contribution in [1.29, 1.82) is 0 Å². The Hall–Kier alpha value is -3.88. The maximum absolute atomic E-state index is 5.72. The van der Waals surface area contributed by atoms with Crippen LogP contribution in [0.5, 0.6) is 23.0 Å². The van der Waals surface area contributed by atoms with Gasteiger partial charge < -0.3 is 23.8 Å². The Kier molecular flexibility index (Phi) is 6.68. The van der Waals surface area contributed by atoms with Crippen molar-refractivity contribution in [2.24, 2.45) is 0 Å². The third kappa shape index (κ3) is 4.49. The van der Waals surface area contributed by atoms with Crippen LogP contribution in [0.25, 0.3) is 16.3 Å². The van der Waals surface area contributed by atoms with Gasteiger partial charge in [0.1, 0.15) is 11.2 Å². The monoisotopic (exact) mass is 623 g/mol. The van der Waals surface area contributed by atoms with Gasteiger partial charge in [0.2, 0.25) is 19.1 Å². The highest BCUT2D eigenvalue weighted by Crippen LogP contribution is 2.53. The third-order valence-corrected chi connectivity index (χ3v) is 11.5. The molecule has 6 nitrogen and oxygen atoms in total. The average Bonchev–Trinajstić information content (AvgIpc) is 3.81. The second-order valence-electron chi connectivity index (χ2n) is 12.0. The third-order valence-electron chi connectivity index (χ3n) is 9.27. The number of allylic oxidation sites excluding steroid dienone is 4. The minimum Gasteiger partial charge on any atom is -0.454 e. The molecular formula is C36H35N2O4S2+. The molecule has 0 radical (unpaired) electrons. The molecule has 4 heterocycles. The fraction of sp³-hybridized carbons (Fsp3) is 0.306. The van der Waals surface area contributed by atoms with Gasteiger partial charge in [-0.15, -0.1) is 0 Å². The van der Waals surface area contributed by atoms with E-state index in [4.69, 9.17) is 18.9 Å². The maximum atomic E-state index is 5.72. The number of fused-ring (bicyclic) bond motifs is 4. The SMILES string of the molecule is CCN1C(=CC2=C(C)C(=Cc3sc4cc5c(cc4[n+]3CC)OCO5)CC(C)(c3ccccc3)C2)Sc2cc3c(cc21)OCO3. The Morgan fingerprint density at radius 1 is 0.886 bits per heavy atom. The molecule has 0 spiro atoms. The number of anilines is 1. The molecule has 224 valence electrons. The van der Waals surface area contributed by atoms with Crippen LogP contribution < -0.4 is 28.4 Å². The number of ether oxygens (including phenoxy) is 4. The predicted octanol–water partition coefficient (Wildman–Crippen LogP) is 8.59. The van der Waals surface area contributed by atoms with Gasteiger partial charge in [-0.1, -0.05) is 60.4 Å². The Labute approximate surface area is 266 Å². The van der Waals surface area contributed by atoms with Crippen molar-refractivity contribution in [3.05, 3.63) is 93.0 Å². The molecule has 0 bridgehead atoms. The molecule has 3 aromatic carbocycles. The minimum absolute atomic E-state index is 0.0361. The molecule has 4 aromatic rings. The van der Waals surface area contributed by atoms with Crippen molar-refractivity contribution >= 4 is 45.1 Å². The van der Waals surface area contributed by atoms with Crippen LogP contribution in [0, 0.1) is 0 Å². The van der Waals surface area contributed by atoms with E-state index in [1.54, 1.807) is 0 Å². The van der Waals surface area contributed by atoms with E-state index >= 15 is 0 Å². The first-order valence-electron chi connectivity index (χ1n) is 15.3. The first kappa shape index (κ1) is 27.7. The van der Waals surface area contributed by atoms with Gasteiger partial charge >= 0.3 is 0 Å². The van der Waals surface area contributed by atoms with Crippen molar-refractivity contribution in [2.45, 2.75) is 57.4 Å². The second-order valence-corrected chi connectivity index (χ2v) is 14.1. The summed E-state index contributed by atoms with van der Waals surface area (Å²) < 4.78 is 26.5. The average molecular weight is 624 g/mol. The van der Waals surface area contributed by atoms with Crippen molar-refractivity contribution in [3.8, 4) is 23.0 Å². The molecule has 1 aromatic heterocycles. The number of hydrogen-bond donors (Lipinski definition) is 0. The van der Waals surface area contributed by atoms with Crippen LogP contribution in [0.4, 0.5) is 5.69 Å². The fourth-order valence-electron chi connectivity index (χ4n) is 6.89. The molecule has 1 aliphatic carbocycles. The maximum Gasteiger partial charge on any atom is 0.263 e. The Bertz CT molecular complexity index is 1910. The quantitative estimate of drug-likeness (QED) is 0.208. The Morgan fingerprint density at radius 3 is 2.32 bits per heavy atom. The van der Waals surface area contributed by atoms with Crippen LogP contribution in [-0.4, -0.2) is 20.1 Å². The van der Waals surface area contributed by atoms with Gasteiger partial charge in [-0.2, -0.15) is 4.57 Å². The number of aromatic nitrogens is 1. The van der Waals surface area contributed by atoms with Crippen LogP contribution >= 0.6 is 23.1 Å². The van der Waals surface area contributed by atoms with Crippen molar-refractivity contribution in [2.75, 3.05) is 25.0 Å². The van der Waals surface area contributed by atoms with Crippen LogP contribution in [0.2, 0.25) is 0 Å². The van der Waals surface area contributed by atoms with Crippen LogP contribution in [0.3, 0.4) is 0 Å². The molecule has 1 unspecified atom stereocenters. The number of nitrogens with zero attached hydrogens (tertiary/aromatic N) is 2. The van der Waals surface area contributed by atoms with Gasteiger partial charge in [0.05, 0.1) is 16.8 Å². The minimum atomic E-state index is -0.0361. The Balaban J connectivity index is 1.25. The summed E-state index contributed by atoms with van der Waals surface area (Å²) in [4.78, 5) is 3.62. The zero-order valence-electron chi connectivity index (χ0n) is 25.4. The summed E-state index contributed by atoms with van der Waals surface area (Å²) in [6, 6.07) is 19.5. The first-order valence-corrected chi connectivity index (χ1v) is 16.9. The van der Waals surface area contributed by atoms with E-state index < -0.39 is 0 Å². The number of benzene rings is 3. The summed E-state index contributed by atoms with van der Waals surface area (Å²) in [5, 5.41) is 2.49. The first-order chi connectivity index (χ1) is 21.4. The number of thioether (sulfide) groups is 1. The summed E-state index contributed by atoms with van der Waals surface area (Å²) >= 11 is 3.65. The van der Waals surface area contributed by atoms with E-state index in [-0.39, 0.29) is 5.41 Å². The van der Waals surface area contributed by atoms with E-state index in [0.29, 0.717) is 13.6 Å². The second kappa shape index (κ2) is 10.6. The molecule has 4 aliphatic rings. The van der Waals surface area contributed by atoms with E-state index in [0.717, 1.165) is 48.9 Å². The number of hydrogen-bond acceptors (Lipinski definition) is 7. The zero-order valence-corrected chi connectivity index (χ0v) is 27.1. The van der Waals surface area contributed by atoms with Crippen molar-refractivity contribution in [3.63, 3.8) is 0 Å². The molecule has 1 atom stereocenters. The van der Waals surface area contributed by atoms with E-state index in [1.807, 2.05) is 23.1 Å². The summed E-state index contributed by atoms with van der Waals surface area (Å²) in [7, 11) is 0. The molecule has 8 heteroatoms. The summed E-state index contributed by atoms with van der Waals surface area (Å²) in [5.74, 6) is 3.32. The lowest BCUT2D eigenvalue weighted by Crippen LogP contribution is -2.34. The van der Waals surface area contributed by atoms with E-state index in [2.05, 4.69) is 104 Å². The fourth-order valence-corrected chi connectivity index (χ4v) is 9.29. The molecule has 0 fully saturated rings. The van der Waals surface area contributed by atoms with Gasteiger partial charge in [-0.25, -0.2) is 0 Å². The lowest BCUT2D eigenvalue weighted by atomic mass is 9.67. The smallest absolute Gasteiger partial charge is 0.263 e. The van der Waals surface area contributed by atoms with Crippen LogP contribution in [-0.2, 0) is 12.0 Å². The molecular weight excluding hydrogens is 589 g/mol. The van der Waals surface area contributed by atoms with Gasteiger partial charge in [0, 0.05) is 41.1 Å². The molecule has 0 saturated heterocycles. The largest absolute Gasteiger partial charge is 0.454 e. The standard InChI is InChI=1S/C36H35N2O4S2/c1-5-37-26-14-28-30(41-20-39-28)16-32(26)43-34(37)12-23-18-36(4,25-10-8-7-9-11-25)19-24(22(23)3)13-35-38(6-2)27-15-29-31(42-21-40-29)17-33(27)44-35/h7-17H,5-6,18-21H2,1-4H3/q+1. The highest BCUT2D eigenvalue weighted by Gasteiger charge is 2.36. The Morgan fingerprint density at radius 2 is 1.59 bits per heavy atom. The number of rotatable bonds is 5. The molecule has 3 aliphatic heterocycles.